The van der Waals surface area contributed by atoms with E-state index >= 15 is 0 Å². The molecule has 1 aromatic carbocycles. The van der Waals surface area contributed by atoms with E-state index < -0.39 is 0 Å². The summed E-state index contributed by atoms with van der Waals surface area (Å²) in [5, 5.41) is 0. The van der Waals surface area contributed by atoms with Crippen molar-refractivity contribution in [2.45, 2.75) is 6.92 Å². The van der Waals surface area contributed by atoms with Gasteiger partial charge in [-0.25, -0.2) is 0 Å². The highest BCUT2D eigenvalue weighted by Gasteiger charge is 2.12. The van der Waals surface area contributed by atoms with Crippen LogP contribution in [0.3, 0.4) is 0 Å². The van der Waals surface area contributed by atoms with Gasteiger partial charge in [-0.05, 0) is 26.1 Å². The Bertz CT molecular complexity index is 373. The van der Waals surface area contributed by atoms with Crippen molar-refractivity contribution in [3.63, 3.8) is 0 Å². The summed E-state index contributed by atoms with van der Waals surface area (Å²) in [4.78, 5) is 4.83. The van der Waals surface area contributed by atoms with Gasteiger partial charge in [0.2, 0.25) is 0 Å². The highest BCUT2D eigenvalue weighted by atomic mass is 16.5. The van der Waals surface area contributed by atoms with Gasteiger partial charge in [0, 0.05) is 32.7 Å². The third-order valence-corrected chi connectivity index (χ3v) is 3.67. The van der Waals surface area contributed by atoms with Crippen molar-refractivity contribution in [1.82, 2.24) is 9.80 Å². The fourth-order valence-electron chi connectivity index (χ4n) is 2.22. The average Bonchev–Trinajstić information content (AvgIpc) is 2.46. The van der Waals surface area contributed by atoms with Crippen molar-refractivity contribution in [3.8, 4) is 5.75 Å². The van der Waals surface area contributed by atoms with Crippen molar-refractivity contribution in [2.24, 2.45) is 0 Å². The molecule has 0 bridgehead atoms. The van der Waals surface area contributed by atoms with Gasteiger partial charge in [-0.2, -0.15) is 0 Å². The van der Waals surface area contributed by atoms with E-state index in [0.717, 1.165) is 45.1 Å². The van der Waals surface area contributed by atoms with Gasteiger partial charge in [-0.1, -0.05) is 17.7 Å². The Hall–Kier alpha value is -1.10. The molecular weight excluding hydrogens is 252 g/mol. The molecule has 0 atom stereocenters. The molecule has 20 heavy (non-hydrogen) atoms. The molecule has 1 aliphatic rings. The number of piperazine rings is 1. The molecule has 0 aliphatic carbocycles. The summed E-state index contributed by atoms with van der Waals surface area (Å²) in [5.41, 5.74) is 1.25. The molecule has 1 heterocycles. The molecule has 112 valence electrons. The van der Waals surface area contributed by atoms with Gasteiger partial charge in [0.05, 0.1) is 13.2 Å². The second-order valence-corrected chi connectivity index (χ2v) is 5.42. The van der Waals surface area contributed by atoms with Crippen LogP contribution in [0, 0.1) is 6.92 Å². The first-order chi connectivity index (χ1) is 9.74. The number of rotatable bonds is 7. The van der Waals surface area contributed by atoms with Crippen LogP contribution in [0.4, 0.5) is 0 Å². The van der Waals surface area contributed by atoms with Gasteiger partial charge in [0.25, 0.3) is 0 Å². The van der Waals surface area contributed by atoms with Gasteiger partial charge >= 0.3 is 0 Å². The Balaban J connectivity index is 1.48. The lowest BCUT2D eigenvalue weighted by molar-refractivity contribution is 0.0658. The van der Waals surface area contributed by atoms with Crippen molar-refractivity contribution in [3.05, 3.63) is 29.8 Å². The Morgan fingerprint density at radius 2 is 1.65 bits per heavy atom. The predicted molar refractivity (Wildman–Crippen MR) is 81.4 cm³/mol. The maximum absolute atomic E-state index is 5.63. The normalized spacial score (nSPS) is 17.3. The monoisotopic (exact) mass is 278 g/mol. The summed E-state index contributed by atoms with van der Waals surface area (Å²) >= 11 is 0. The number of hydrogen-bond donors (Lipinski definition) is 0. The molecule has 0 aromatic heterocycles. The quantitative estimate of drug-likeness (QED) is 0.708. The Morgan fingerprint density at radius 3 is 2.35 bits per heavy atom. The summed E-state index contributed by atoms with van der Waals surface area (Å²) in [5.74, 6) is 0.915. The molecule has 4 nitrogen and oxygen atoms in total. The third-order valence-electron chi connectivity index (χ3n) is 3.67. The zero-order valence-corrected chi connectivity index (χ0v) is 12.7. The number of aryl methyl sites for hydroxylation is 1. The number of benzene rings is 1. The summed E-state index contributed by atoms with van der Waals surface area (Å²) < 4.78 is 11.3. The number of hydrogen-bond acceptors (Lipinski definition) is 4. The van der Waals surface area contributed by atoms with Gasteiger partial charge in [-0.3, -0.25) is 4.90 Å². The minimum Gasteiger partial charge on any atom is -0.491 e. The first kappa shape index (κ1) is 15.3. The van der Waals surface area contributed by atoms with E-state index in [2.05, 4.69) is 35.9 Å². The van der Waals surface area contributed by atoms with Crippen LogP contribution in [0.5, 0.6) is 5.75 Å². The smallest absolute Gasteiger partial charge is 0.119 e. The molecule has 1 aliphatic heterocycles. The lowest BCUT2D eigenvalue weighted by atomic mass is 10.2. The molecule has 0 amide bonds. The standard InChI is InChI=1S/C16H26N2O2/c1-15-3-5-16(6-4-15)20-14-13-19-12-11-18-9-7-17(2)8-10-18/h3-6H,7-14H2,1-2H3. The summed E-state index contributed by atoms with van der Waals surface area (Å²) in [6.45, 7) is 9.80. The van der Waals surface area contributed by atoms with Gasteiger partial charge in [-0.15, -0.1) is 0 Å². The van der Waals surface area contributed by atoms with Gasteiger partial charge in [0.15, 0.2) is 0 Å². The molecule has 0 radical (unpaired) electrons. The Kier molecular flexibility index (Phi) is 6.30. The first-order valence-corrected chi connectivity index (χ1v) is 7.42. The zero-order chi connectivity index (χ0) is 14.2. The average molecular weight is 278 g/mol. The Labute approximate surface area is 122 Å². The lowest BCUT2D eigenvalue weighted by Crippen LogP contribution is -2.45. The maximum Gasteiger partial charge on any atom is 0.119 e. The van der Waals surface area contributed by atoms with Crippen LogP contribution >= 0.6 is 0 Å². The van der Waals surface area contributed by atoms with Crippen molar-refractivity contribution in [1.29, 1.82) is 0 Å². The zero-order valence-electron chi connectivity index (χ0n) is 12.7. The second kappa shape index (κ2) is 8.25. The van der Waals surface area contributed by atoms with Crippen molar-refractivity contribution >= 4 is 0 Å². The summed E-state index contributed by atoms with van der Waals surface area (Å²) in [6, 6.07) is 8.12. The van der Waals surface area contributed by atoms with E-state index in [0.29, 0.717) is 13.2 Å². The fourth-order valence-corrected chi connectivity index (χ4v) is 2.22. The van der Waals surface area contributed by atoms with Crippen LogP contribution in [0.1, 0.15) is 5.56 Å². The lowest BCUT2D eigenvalue weighted by Gasteiger charge is -2.32. The minimum absolute atomic E-state index is 0.617. The van der Waals surface area contributed by atoms with Gasteiger partial charge < -0.3 is 14.4 Å². The third kappa shape index (κ3) is 5.49. The molecular formula is C16H26N2O2. The van der Waals surface area contributed by atoms with Crippen molar-refractivity contribution in [2.75, 3.05) is 59.6 Å². The molecule has 0 spiro atoms. The van der Waals surface area contributed by atoms with E-state index in [1.54, 1.807) is 0 Å². The highest BCUT2D eigenvalue weighted by molar-refractivity contribution is 5.26. The molecule has 2 rings (SSSR count). The largest absolute Gasteiger partial charge is 0.491 e. The van der Waals surface area contributed by atoms with Crippen LogP contribution in [0.25, 0.3) is 0 Å². The summed E-state index contributed by atoms with van der Waals surface area (Å²) in [6.07, 6.45) is 0. The van der Waals surface area contributed by atoms with Crippen LogP contribution in [-0.4, -0.2) is 69.4 Å². The molecule has 1 aromatic rings. The van der Waals surface area contributed by atoms with E-state index in [1.165, 1.54) is 5.56 Å². The first-order valence-electron chi connectivity index (χ1n) is 7.42. The predicted octanol–water partition coefficient (Wildman–Crippen LogP) is 1.64. The second-order valence-electron chi connectivity index (χ2n) is 5.42. The van der Waals surface area contributed by atoms with E-state index in [9.17, 15) is 0 Å². The number of nitrogens with zero attached hydrogens (tertiary/aromatic N) is 2. The topological polar surface area (TPSA) is 24.9 Å². The van der Waals surface area contributed by atoms with Crippen LogP contribution < -0.4 is 4.74 Å². The number of likely N-dealkylation sites (N-methyl/N-ethyl adjacent to an activating group) is 1. The fraction of sp³-hybridized carbons (Fsp3) is 0.625. The molecule has 0 saturated carbocycles. The highest BCUT2D eigenvalue weighted by Crippen LogP contribution is 2.10. The van der Waals surface area contributed by atoms with E-state index in [4.69, 9.17) is 9.47 Å². The molecule has 1 fully saturated rings. The minimum atomic E-state index is 0.617. The maximum atomic E-state index is 5.63. The number of ether oxygens (including phenoxy) is 2. The summed E-state index contributed by atoms with van der Waals surface area (Å²) in [7, 11) is 2.18. The molecule has 0 N–H and O–H groups in total. The molecule has 4 heteroatoms. The Morgan fingerprint density at radius 1 is 0.950 bits per heavy atom. The van der Waals surface area contributed by atoms with E-state index in [-0.39, 0.29) is 0 Å². The molecule has 0 unspecified atom stereocenters. The van der Waals surface area contributed by atoms with Gasteiger partial charge in [0.1, 0.15) is 12.4 Å². The molecule has 1 saturated heterocycles. The van der Waals surface area contributed by atoms with Crippen LogP contribution in [-0.2, 0) is 4.74 Å². The van der Waals surface area contributed by atoms with E-state index in [1.807, 2.05) is 12.1 Å². The van der Waals surface area contributed by atoms with Crippen LogP contribution in [0.15, 0.2) is 24.3 Å². The SMILES string of the molecule is Cc1ccc(OCCOCCN2CCN(C)CC2)cc1. The van der Waals surface area contributed by atoms with Crippen molar-refractivity contribution < 1.29 is 9.47 Å². The van der Waals surface area contributed by atoms with Crippen LogP contribution in [0.2, 0.25) is 0 Å².